The van der Waals surface area contributed by atoms with Gasteiger partial charge in [-0.15, -0.1) is 0 Å². The Morgan fingerprint density at radius 2 is 2.08 bits per heavy atom. The van der Waals surface area contributed by atoms with Gasteiger partial charge in [0.1, 0.15) is 11.6 Å². The highest BCUT2D eigenvalue weighted by Crippen LogP contribution is 2.31. The number of benzene rings is 1. The molecular formula is C8H8BrFO2. The standard InChI is InChI=1S/C8H8BrFO2/c1-4(11)7-6(12)3-2-5(9)8(7)10/h2-4,11-12H,1H3. The van der Waals surface area contributed by atoms with Crippen molar-refractivity contribution in [2.24, 2.45) is 0 Å². The van der Waals surface area contributed by atoms with Crippen LogP contribution in [0.4, 0.5) is 4.39 Å². The zero-order valence-electron chi connectivity index (χ0n) is 6.38. The number of hydrogen-bond donors (Lipinski definition) is 2. The maximum absolute atomic E-state index is 13.1. The average Bonchev–Trinajstić information content (AvgIpc) is 1.97. The molecule has 1 rings (SSSR count). The van der Waals surface area contributed by atoms with E-state index in [1.54, 1.807) is 0 Å². The van der Waals surface area contributed by atoms with Crippen LogP contribution in [-0.4, -0.2) is 10.2 Å². The molecule has 0 heterocycles. The first-order valence-electron chi connectivity index (χ1n) is 3.39. The van der Waals surface area contributed by atoms with E-state index >= 15 is 0 Å². The molecule has 0 fully saturated rings. The lowest BCUT2D eigenvalue weighted by Crippen LogP contribution is -1.97. The Morgan fingerprint density at radius 1 is 1.50 bits per heavy atom. The summed E-state index contributed by atoms with van der Waals surface area (Å²) >= 11 is 2.95. The number of phenols is 1. The lowest BCUT2D eigenvalue weighted by atomic mass is 10.1. The SMILES string of the molecule is CC(O)c1c(O)ccc(Br)c1F. The van der Waals surface area contributed by atoms with Crippen molar-refractivity contribution < 1.29 is 14.6 Å². The number of aliphatic hydroxyl groups excluding tert-OH is 1. The topological polar surface area (TPSA) is 40.5 Å². The Hall–Kier alpha value is -0.610. The molecule has 1 atom stereocenters. The third-order valence-corrected chi connectivity index (χ3v) is 2.14. The molecule has 0 aliphatic rings. The molecular weight excluding hydrogens is 227 g/mol. The minimum Gasteiger partial charge on any atom is -0.507 e. The molecule has 0 spiro atoms. The van der Waals surface area contributed by atoms with Crippen LogP contribution in [-0.2, 0) is 0 Å². The van der Waals surface area contributed by atoms with Crippen LogP contribution in [0.25, 0.3) is 0 Å². The van der Waals surface area contributed by atoms with E-state index in [2.05, 4.69) is 15.9 Å². The molecule has 1 aromatic carbocycles. The largest absolute Gasteiger partial charge is 0.507 e. The quantitative estimate of drug-likeness (QED) is 0.784. The number of hydrogen-bond acceptors (Lipinski definition) is 2. The predicted octanol–water partition coefficient (Wildman–Crippen LogP) is 2.35. The summed E-state index contributed by atoms with van der Waals surface area (Å²) in [6, 6.07) is 2.71. The van der Waals surface area contributed by atoms with Crippen molar-refractivity contribution in [1.82, 2.24) is 0 Å². The Balaban J connectivity index is 3.33. The second-order valence-corrected chi connectivity index (χ2v) is 3.32. The zero-order chi connectivity index (χ0) is 9.30. The molecule has 0 radical (unpaired) electrons. The van der Waals surface area contributed by atoms with Crippen molar-refractivity contribution in [2.45, 2.75) is 13.0 Å². The van der Waals surface area contributed by atoms with E-state index in [4.69, 9.17) is 10.2 Å². The van der Waals surface area contributed by atoms with Gasteiger partial charge in [0.05, 0.1) is 16.1 Å². The van der Waals surface area contributed by atoms with Gasteiger partial charge in [0.15, 0.2) is 0 Å². The second kappa shape index (κ2) is 3.41. The van der Waals surface area contributed by atoms with E-state index in [0.717, 1.165) is 0 Å². The van der Waals surface area contributed by atoms with Crippen molar-refractivity contribution in [1.29, 1.82) is 0 Å². The van der Waals surface area contributed by atoms with Gasteiger partial charge in [0, 0.05) is 0 Å². The van der Waals surface area contributed by atoms with Crippen LogP contribution in [0.5, 0.6) is 5.75 Å². The number of phenolic OH excluding ortho intramolecular Hbond substituents is 1. The summed E-state index contributed by atoms with van der Waals surface area (Å²) in [6.07, 6.45) is -1.01. The number of rotatable bonds is 1. The predicted molar refractivity (Wildman–Crippen MR) is 46.4 cm³/mol. The molecule has 66 valence electrons. The van der Waals surface area contributed by atoms with Crippen LogP contribution in [0, 0.1) is 5.82 Å². The first kappa shape index (κ1) is 9.48. The van der Waals surface area contributed by atoms with Gasteiger partial charge in [-0.2, -0.15) is 0 Å². The number of aliphatic hydroxyl groups is 1. The number of halogens is 2. The van der Waals surface area contributed by atoms with Crippen LogP contribution in [0.15, 0.2) is 16.6 Å². The first-order valence-corrected chi connectivity index (χ1v) is 4.18. The monoisotopic (exact) mass is 234 g/mol. The lowest BCUT2D eigenvalue weighted by Gasteiger charge is -2.09. The molecule has 1 aromatic rings. The van der Waals surface area contributed by atoms with E-state index in [9.17, 15) is 4.39 Å². The maximum atomic E-state index is 13.1. The fourth-order valence-electron chi connectivity index (χ4n) is 0.954. The average molecular weight is 235 g/mol. The molecule has 2 N–H and O–H groups in total. The van der Waals surface area contributed by atoms with Crippen molar-refractivity contribution in [3.63, 3.8) is 0 Å². The van der Waals surface area contributed by atoms with E-state index in [1.807, 2.05) is 0 Å². The van der Waals surface area contributed by atoms with Crippen molar-refractivity contribution in [3.05, 3.63) is 28.0 Å². The molecule has 1 unspecified atom stereocenters. The molecule has 0 amide bonds. The summed E-state index contributed by atoms with van der Waals surface area (Å²) in [4.78, 5) is 0. The summed E-state index contributed by atoms with van der Waals surface area (Å²) in [6.45, 7) is 1.39. The Morgan fingerprint density at radius 3 is 2.50 bits per heavy atom. The molecule has 0 saturated carbocycles. The Kier molecular flexibility index (Phi) is 2.69. The lowest BCUT2D eigenvalue weighted by molar-refractivity contribution is 0.189. The van der Waals surface area contributed by atoms with Gasteiger partial charge in [-0.05, 0) is 35.0 Å². The van der Waals surface area contributed by atoms with E-state index in [-0.39, 0.29) is 15.8 Å². The van der Waals surface area contributed by atoms with Crippen LogP contribution in [0.2, 0.25) is 0 Å². The van der Waals surface area contributed by atoms with Gasteiger partial charge in [-0.3, -0.25) is 0 Å². The minimum atomic E-state index is -1.01. The summed E-state index contributed by atoms with van der Waals surface area (Å²) in [5, 5.41) is 18.3. The molecule has 0 aliphatic heterocycles. The summed E-state index contributed by atoms with van der Waals surface area (Å²) < 4.78 is 13.4. The van der Waals surface area contributed by atoms with Crippen molar-refractivity contribution >= 4 is 15.9 Å². The van der Waals surface area contributed by atoms with Gasteiger partial charge in [-0.1, -0.05) is 0 Å². The number of aromatic hydroxyl groups is 1. The van der Waals surface area contributed by atoms with Crippen LogP contribution >= 0.6 is 15.9 Å². The van der Waals surface area contributed by atoms with E-state index < -0.39 is 11.9 Å². The van der Waals surface area contributed by atoms with Crippen molar-refractivity contribution in [3.8, 4) is 5.75 Å². The van der Waals surface area contributed by atoms with Crippen LogP contribution in [0.1, 0.15) is 18.6 Å². The fourth-order valence-corrected chi connectivity index (χ4v) is 1.30. The Bertz CT molecular complexity index is 299. The van der Waals surface area contributed by atoms with Gasteiger partial charge in [0.2, 0.25) is 0 Å². The van der Waals surface area contributed by atoms with Crippen LogP contribution < -0.4 is 0 Å². The molecule has 0 bridgehead atoms. The summed E-state index contributed by atoms with van der Waals surface area (Å²) in [7, 11) is 0. The third kappa shape index (κ3) is 1.59. The normalized spacial score (nSPS) is 13.0. The zero-order valence-corrected chi connectivity index (χ0v) is 7.97. The second-order valence-electron chi connectivity index (χ2n) is 2.47. The third-order valence-electron chi connectivity index (χ3n) is 1.53. The molecule has 0 aliphatic carbocycles. The first-order chi connectivity index (χ1) is 5.54. The molecule has 0 aromatic heterocycles. The summed E-state index contributed by atoms with van der Waals surface area (Å²) in [5.41, 5.74) is -0.0793. The molecule has 0 saturated heterocycles. The fraction of sp³-hybridized carbons (Fsp3) is 0.250. The Labute approximate surface area is 77.8 Å². The van der Waals surface area contributed by atoms with Crippen molar-refractivity contribution in [2.75, 3.05) is 0 Å². The van der Waals surface area contributed by atoms with Gasteiger partial charge < -0.3 is 10.2 Å². The highest BCUT2D eigenvalue weighted by molar-refractivity contribution is 9.10. The van der Waals surface area contributed by atoms with E-state index in [0.29, 0.717) is 0 Å². The molecule has 2 nitrogen and oxygen atoms in total. The molecule has 4 heteroatoms. The summed E-state index contributed by atoms with van der Waals surface area (Å²) in [5.74, 6) is -0.851. The van der Waals surface area contributed by atoms with Gasteiger partial charge in [-0.25, -0.2) is 4.39 Å². The van der Waals surface area contributed by atoms with E-state index in [1.165, 1.54) is 19.1 Å². The van der Waals surface area contributed by atoms with Gasteiger partial charge >= 0.3 is 0 Å². The minimum absolute atomic E-state index is 0.0793. The molecule has 12 heavy (non-hydrogen) atoms. The maximum Gasteiger partial charge on any atom is 0.146 e. The smallest absolute Gasteiger partial charge is 0.146 e. The van der Waals surface area contributed by atoms with Crippen LogP contribution in [0.3, 0.4) is 0 Å². The highest BCUT2D eigenvalue weighted by atomic mass is 79.9. The van der Waals surface area contributed by atoms with Gasteiger partial charge in [0.25, 0.3) is 0 Å². The highest BCUT2D eigenvalue weighted by Gasteiger charge is 2.15.